The van der Waals surface area contributed by atoms with Gasteiger partial charge in [-0.3, -0.25) is 0 Å². The molecule has 4 rings (SSSR count). The maximum atomic E-state index is 6.39. The van der Waals surface area contributed by atoms with Gasteiger partial charge >= 0.3 is 0 Å². The maximum Gasteiger partial charge on any atom is 0.0401 e. The second kappa shape index (κ2) is 5.27. The van der Waals surface area contributed by atoms with Gasteiger partial charge in [0.1, 0.15) is 0 Å². The summed E-state index contributed by atoms with van der Waals surface area (Å²) in [5.41, 5.74) is 18.8. The van der Waals surface area contributed by atoms with E-state index in [-0.39, 0.29) is 0 Å². The molecule has 0 fully saturated rings. The molecule has 2 heteroatoms. The highest BCUT2D eigenvalue weighted by atomic mass is 14.6. The summed E-state index contributed by atoms with van der Waals surface area (Å²) in [5, 5.41) is 4.64. The molecule has 4 aromatic carbocycles. The van der Waals surface area contributed by atoms with E-state index < -0.39 is 0 Å². The van der Waals surface area contributed by atoms with E-state index in [1.165, 1.54) is 21.9 Å². The van der Waals surface area contributed by atoms with Crippen LogP contribution in [0.5, 0.6) is 0 Å². The topological polar surface area (TPSA) is 52.0 Å². The number of aryl methyl sites for hydroxylation is 2. The first-order valence-electron chi connectivity index (χ1n) is 8.12. The van der Waals surface area contributed by atoms with E-state index in [4.69, 9.17) is 11.5 Å². The molecule has 0 amide bonds. The summed E-state index contributed by atoms with van der Waals surface area (Å²) in [6, 6.07) is 21.0. The normalized spacial score (nSPS) is 11.2. The van der Waals surface area contributed by atoms with Crippen molar-refractivity contribution in [2.24, 2.45) is 0 Å². The van der Waals surface area contributed by atoms with Gasteiger partial charge in [0.15, 0.2) is 0 Å². The van der Waals surface area contributed by atoms with Crippen LogP contribution in [0.4, 0.5) is 11.4 Å². The fourth-order valence-corrected chi connectivity index (χ4v) is 3.49. The van der Waals surface area contributed by atoms with Crippen molar-refractivity contribution in [3.8, 4) is 11.1 Å². The van der Waals surface area contributed by atoms with Gasteiger partial charge in [-0.2, -0.15) is 0 Å². The predicted octanol–water partition coefficient (Wildman–Crippen LogP) is 5.44. The average molecular weight is 312 g/mol. The van der Waals surface area contributed by atoms with E-state index in [2.05, 4.69) is 62.4 Å². The van der Waals surface area contributed by atoms with Crippen LogP contribution in [0.2, 0.25) is 0 Å². The third kappa shape index (κ3) is 2.19. The van der Waals surface area contributed by atoms with Crippen LogP contribution in [0.25, 0.3) is 32.7 Å². The number of fused-ring (bicyclic) bond motifs is 2. The van der Waals surface area contributed by atoms with Gasteiger partial charge in [0, 0.05) is 22.5 Å². The molecule has 0 aliphatic rings. The summed E-state index contributed by atoms with van der Waals surface area (Å²) in [7, 11) is 0. The second-order valence-corrected chi connectivity index (χ2v) is 6.51. The Labute approximate surface area is 141 Å². The fraction of sp³-hybridized carbons (Fsp3) is 0.0909. The molecule has 0 bridgehead atoms. The van der Waals surface area contributed by atoms with Gasteiger partial charge in [0.25, 0.3) is 0 Å². The fourth-order valence-electron chi connectivity index (χ4n) is 3.49. The van der Waals surface area contributed by atoms with Gasteiger partial charge < -0.3 is 11.5 Å². The number of rotatable bonds is 1. The van der Waals surface area contributed by atoms with Gasteiger partial charge in [0.2, 0.25) is 0 Å². The molecule has 2 nitrogen and oxygen atoms in total. The van der Waals surface area contributed by atoms with Crippen molar-refractivity contribution in [3.63, 3.8) is 0 Å². The van der Waals surface area contributed by atoms with Crippen LogP contribution in [0.15, 0.2) is 60.7 Å². The quantitative estimate of drug-likeness (QED) is 0.460. The zero-order chi connectivity index (χ0) is 16.8. The first-order chi connectivity index (χ1) is 11.5. The zero-order valence-electron chi connectivity index (χ0n) is 13.9. The predicted molar refractivity (Wildman–Crippen MR) is 105 cm³/mol. The Morgan fingerprint density at radius 2 is 0.958 bits per heavy atom. The van der Waals surface area contributed by atoms with E-state index in [1.807, 2.05) is 12.1 Å². The van der Waals surface area contributed by atoms with E-state index in [9.17, 15) is 0 Å². The van der Waals surface area contributed by atoms with Gasteiger partial charge in [-0.05, 0) is 47.5 Å². The molecule has 0 aromatic heterocycles. The first-order valence-corrected chi connectivity index (χ1v) is 8.12. The van der Waals surface area contributed by atoms with Gasteiger partial charge in [-0.15, -0.1) is 0 Å². The Morgan fingerprint density at radius 3 is 1.38 bits per heavy atom. The summed E-state index contributed by atoms with van der Waals surface area (Å²) in [5.74, 6) is 0. The molecule has 0 radical (unpaired) electrons. The average Bonchev–Trinajstić information content (AvgIpc) is 2.56. The molecular weight excluding hydrogens is 292 g/mol. The smallest absolute Gasteiger partial charge is 0.0401 e. The molecule has 4 aromatic rings. The summed E-state index contributed by atoms with van der Waals surface area (Å²) >= 11 is 0. The van der Waals surface area contributed by atoms with E-state index in [0.717, 1.165) is 33.3 Å². The molecule has 0 aliphatic carbocycles. The van der Waals surface area contributed by atoms with Crippen molar-refractivity contribution >= 4 is 32.9 Å². The summed E-state index contributed by atoms with van der Waals surface area (Å²) < 4.78 is 0. The van der Waals surface area contributed by atoms with Crippen molar-refractivity contribution in [1.29, 1.82) is 0 Å². The standard InChI is InChI=1S/C22H20N2/c1-13-3-7-17-15(11-13)5-9-19(23)21(17)22-18-8-4-14(2)12-16(18)6-10-20(22)24/h3-12H,23-24H2,1-2H3. The third-order valence-corrected chi connectivity index (χ3v) is 4.67. The lowest BCUT2D eigenvalue weighted by Crippen LogP contribution is -1.97. The van der Waals surface area contributed by atoms with Crippen LogP contribution in [-0.2, 0) is 0 Å². The SMILES string of the molecule is Cc1ccc2c(-c3c(N)ccc4cc(C)ccc34)c(N)ccc2c1. The Hall–Kier alpha value is -3.00. The molecule has 118 valence electrons. The van der Waals surface area contributed by atoms with E-state index >= 15 is 0 Å². The number of nitrogens with two attached hydrogens (primary N) is 2. The third-order valence-electron chi connectivity index (χ3n) is 4.67. The minimum absolute atomic E-state index is 0.756. The van der Waals surface area contributed by atoms with Gasteiger partial charge in [-0.25, -0.2) is 0 Å². The lowest BCUT2D eigenvalue weighted by molar-refractivity contribution is 1.50. The van der Waals surface area contributed by atoms with E-state index in [0.29, 0.717) is 0 Å². The number of benzene rings is 4. The molecule has 0 saturated heterocycles. The Bertz CT molecular complexity index is 1000. The van der Waals surface area contributed by atoms with Crippen LogP contribution >= 0.6 is 0 Å². The van der Waals surface area contributed by atoms with Crippen molar-refractivity contribution in [2.45, 2.75) is 13.8 Å². The molecule has 0 unspecified atom stereocenters. The molecule has 0 spiro atoms. The summed E-state index contributed by atoms with van der Waals surface area (Å²) in [6.45, 7) is 4.20. The van der Waals surface area contributed by atoms with E-state index in [1.54, 1.807) is 0 Å². The maximum absolute atomic E-state index is 6.39. The Morgan fingerprint density at radius 1 is 0.542 bits per heavy atom. The molecular formula is C22H20N2. The van der Waals surface area contributed by atoms with Crippen molar-refractivity contribution in [2.75, 3.05) is 11.5 Å². The van der Waals surface area contributed by atoms with Crippen molar-refractivity contribution < 1.29 is 0 Å². The first kappa shape index (κ1) is 14.6. The lowest BCUT2D eigenvalue weighted by atomic mass is 9.90. The monoisotopic (exact) mass is 312 g/mol. The summed E-state index contributed by atoms with van der Waals surface area (Å²) in [6.07, 6.45) is 0. The molecule has 0 atom stereocenters. The van der Waals surface area contributed by atoms with Crippen LogP contribution in [-0.4, -0.2) is 0 Å². The van der Waals surface area contributed by atoms with Gasteiger partial charge in [0.05, 0.1) is 0 Å². The number of anilines is 2. The highest BCUT2D eigenvalue weighted by Gasteiger charge is 2.14. The number of hydrogen-bond donors (Lipinski definition) is 2. The molecule has 0 saturated carbocycles. The van der Waals surface area contributed by atoms with Crippen LogP contribution in [0.1, 0.15) is 11.1 Å². The van der Waals surface area contributed by atoms with Crippen LogP contribution in [0, 0.1) is 13.8 Å². The molecule has 24 heavy (non-hydrogen) atoms. The molecule has 0 heterocycles. The van der Waals surface area contributed by atoms with Crippen LogP contribution in [0.3, 0.4) is 0 Å². The Kier molecular flexibility index (Phi) is 3.20. The highest BCUT2D eigenvalue weighted by molar-refractivity contribution is 6.13. The van der Waals surface area contributed by atoms with Gasteiger partial charge in [-0.1, -0.05) is 59.7 Å². The zero-order valence-corrected chi connectivity index (χ0v) is 13.9. The second-order valence-electron chi connectivity index (χ2n) is 6.51. The Balaban J connectivity index is 2.17. The summed E-state index contributed by atoms with van der Waals surface area (Å²) in [4.78, 5) is 0. The molecule has 4 N–H and O–H groups in total. The lowest BCUT2D eigenvalue weighted by Gasteiger charge is -2.16. The van der Waals surface area contributed by atoms with Crippen molar-refractivity contribution in [1.82, 2.24) is 0 Å². The minimum Gasteiger partial charge on any atom is -0.398 e. The van der Waals surface area contributed by atoms with Crippen molar-refractivity contribution in [3.05, 3.63) is 71.8 Å². The number of nitrogen functional groups attached to an aromatic ring is 2. The van der Waals surface area contributed by atoms with Crippen LogP contribution < -0.4 is 11.5 Å². The largest absolute Gasteiger partial charge is 0.398 e. The molecule has 0 aliphatic heterocycles. The minimum atomic E-state index is 0.756. The number of hydrogen-bond acceptors (Lipinski definition) is 2. The highest BCUT2D eigenvalue weighted by Crippen LogP contribution is 2.41.